The van der Waals surface area contributed by atoms with E-state index < -0.39 is 5.97 Å². The number of fused-ring (bicyclic) bond motifs is 2. The average molecular weight is 453 g/mol. The fourth-order valence-electron chi connectivity index (χ4n) is 3.74. The van der Waals surface area contributed by atoms with E-state index in [4.69, 9.17) is 20.8 Å². The molecule has 0 fully saturated rings. The fraction of sp³-hybridized carbons (Fsp3) is 0. The summed E-state index contributed by atoms with van der Waals surface area (Å²) in [6, 6.07) is 25.6. The molecule has 0 aliphatic carbocycles. The van der Waals surface area contributed by atoms with Crippen LogP contribution < -0.4 is 10.2 Å². The first-order valence-corrected chi connectivity index (χ1v) is 10.7. The Labute approximate surface area is 194 Å². The minimum absolute atomic E-state index is 0.210. The van der Waals surface area contributed by atoms with Gasteiger partial charge < -0.3 is 9.15 Å². The maximum Gasteiger partial charge on any atom is 0.336 e. The number of halogens is 1. The van der Waals surface area contributed by atoms with E-state index >= 15 is 0 Å². The van der Waals surface area contributed by atoms with Crippen molar-refractivity contribution in [3.63, 3.8) is 0 Å². The zero-order valence-electron chi connectivity index (χ0n) is 17.3. The molecule has 0 atom stereocenters. The molecular weight excluding hydrogens is 436 g/mol. The largest absolute Gasteiger partial charge is 0.463 e. The molecule has 0 unspecified atom stereocenters. The monoisotopic (exact) mass is 452 g/mol. The summed E-state index contributed by atoms with van der Waals surface area (Å²) in [5, 5.41) is 2.98. The van der Waals surface area contributed by atoms with Crippen LogP contribution in [0, 0.1) is 0 Å². The van der Waals surface area contributed by atoms with E-state index in [-0.39, 0.29) is 11.2 Å². The van der Waals surface area contributed by atoms with Gasteiger partial charge in [0, 0.05) is 22.7 Å². The van der Waals surface area contributed by atoms with Crippen LogP contribution in [0.1, 0.15) is 5.56 Å². The Morgan fingerprint density at radius 3 is 2.52 bits per heavy atom. The van der Waals surface area contributed by atoms with Crippen molar-refractivity contribution in [3.8, 4) is 16.9 Å². The maximum absolute atomic E-state index is 12.9. The molecule has 1 aromatic heterocycles. The van der Waals surface area contributed by atoms with Crippen LogP contribution in [0.3, 0.4) is 0 Å². The molecule has 0 aliphatic rings. The van der Waals surface area contributed by atoms with Gasteiger partial charge in [-0.3, -0.25) is 4.79 Å². The molecule has 0 aliphatic heterocycles. The first-order chi connectivity index (χ1) is 16.1. The van der Waals surface area contributed by atoms with E-state index in [9.17, 15) is 9.59 Å². The molecule has 0 radical (unpaired) electrons. The molecule has 5 heteroatoms. The quantitative estimate of drug-likeness (QED) is 0.169. The van der Waals surface area contributed by atoms with E-state index in [2.05, 4.69) is 0 Å². The van der Waals surface area contributed by atoms with Crippen LogP contribution in [-0.2, 0) is 4.79 Å². The molecule has 0 spiro atoms. The summed E-state index contributed by atoms with van der Waals surface area (Å²) < 4.78 is 11.1. The highest BCUT2D eigenvalue weighted by atomic mass is 35.5. The Bertz CT molecular complexity index is 1590. The summed E-state index contributed by atoms with van der Waals surface area (Å²) in [6.07, 6.45) is 4.47. The lowest BCUT2D eigenvalue weighted by atomic mass is 10.0. The number of esters is 1. The van der Waals surface area contributed by atoms with Gasteiger partial charge in [-0.15, -0.1) is 0 Å². The molecule has 5 aromatic rings. The second-order valence-corrected chi connectivity index (χ2v) is 7.85. The lowest BCUT2D eigenvalue weighted by Gasteiger charge is -2.06. The summed E-state index contributed by atoms with van der Waals surface area (Å²) in [6.45, 7) is 0. The van der Waals surface area contributed by atoms with Crippen molar-refractivity contribution < 1.29 is 13.9 Å². The fourth-order valence-corrected chi connectivity index (χ4v) is 3.98. The maximum atomic E-state index is 12.9. The summed E-state index contributed by atoms with van der Waals surface area (Å²) in [5.41, 5.74) is 2.00. The van der Waals surface area contributed by atoms with Crippen molar-refractivity contribution in [2.45, 2.75) is 0 Å². The third-order valence-electron chi connectivity index (χ3n) is 5.35. The topological polar surface area (TPSA) is 56.5 Å². The van der Waals surface area contributed by atoms with Gasteiger partial charge in [-0.05, 0) is 40.6 Å². The second kappa shape index (κ2) is 8.77. The third kappa shape index (κ3) is 4.16. The summed E-state index contributed by atoms with van der Waals surface area (Å²) >= 11 is 6.23. The molecular formula is C28H17ClO4. The van der Waals surface area contributed by atoms with Gasteiger partial charge >= 0.3 is 5.97 Å². The van der Waals surface area contributed by atoms with Gasteiger partial charge in [-0.25, -0.2) is 4.79 Å². The summed E-state index contributed by atoms with van der Waals surface area (Å²) in [4.78, 5) is 25.3. The lowest BCUT2D eigenvalue weighted by Crippen LogP contribution is -2.06. The molecule has 33 heavy (non-hydrogen) atoms. The number of carbonyl (C=O) groups is 1. The van der Waals surface area contributed by atoms with E-state index in [1.54, 1.807) is 42.5 Å². The molecule has 0 amide bonds. The number of benzene rings is 4. The van der Waals surface area contributed by atoms with E-state index in [0.29, 0.717) is 27.1 Å². The van der Waals surface area contributed by atoms with Gasteiger partial charge in [0.05, 0.1) is 10.9 Å². The molecule has 0 saturated carbocycles. The minimum atomic E-state index is -0.530. The van der Waals surface area contributed by atoms with Crippen LogP contribution in [0.15, 0.2) is 106 Å². The lowest BCUT2D eigenvalue weighted by molar-refractivity contribution is -0.128. The zero-order valence-corrected chi connectivity index (χ0v) is 18.1. The summed E-state index contributed by atoms with van der Waals surface area (Å²) in [7, 11) is 0. The van der Waals surface area contributed by atoms with E-state index in [0.717, 1.165) is 16.3 Å². The normalized spacial score (nSPS) is 11.3. The van der Waals surface area contributed by atoms with E-state index in [1.807, 2.05) is 42.5 Å². The molecule has 1 heterocycles. The summed E-state index contributed by atoms with van der Waals surface area (Å²) in [5.74, 6) is -0.249. The number of hydrogen-bond acceptors (Lipinski definition) is 4. The van der Waals surface area contributed by atoms with Gasteiger partial charge in [0.2, 0.25) is 5.43 Å². The predicted octanol–water partition coefficient (Wildman–Crippen LogP) is 6.89. The number of hydrogen-bond donors (Lipinski definition) is 0. The first-order valence-electron chi connectivity index (χ1n) is 10.3. The van der Waals surface area contributed by atoms with Crippen LogP contribution in [0.25, 0.3) is 38.9 Å². The van der Waals surface area contributed by atoms with Crippen molar-refractivity contribution >= 4 is 45.4 Å². The molecule has 5 rings (SSSR count). The Balaban J connectivity index is 1.40. The van der Waals surface area contributed by atoms with Crippen LogP contribution in [-0.4, -0.2) is 5.97 Å². The van der Waals surface area contributed by atoms with Crippen molar-refractivity contribution in [2.24, 2.45) is 0 Å². The highest BCUT2D eigenvalue weighted by Crippen LogP contribution is 2.28. The second-order valence-electron chi connectivity index (χ2n) is 7.44. The Kier molecular flexibility index (Phi) is 5.51. The smallest absolute Gasteiger partial charge is 0.336 e. The highest BCUT2D eigenvalue weighted by Gasteiger charge is 2.13. The van der Waals surface area contributed by atoms with Crippen molar-refractivity contribution in [1.82, 2.24) is 0 Å². The van der Waals surface area contributed by atoms with Crippen LogP contribution in [0.5, 0.6) is 5.75 Å². The number of rotatable bonds is 4. The predicted molar refractivity (Wildman–Crippen MR) is 132 cm³/mol. The van der Waals surface area contributed by atoms with Crippen molar-refractivity contribution in [1.29, 1.82) is 0 Å². The van der Waals surface area contributed by atoms with Gasteiger partial charge in [-0.2, -0.15) is 0 Å². The molecule has 4 aromatic carbocycles. The zero-order chi connectivity index (χ0) is 22.8. The third-order valence-corrected chi connectivity index (χ3v) is 5.68. The first kappa shape index (κ1) is 20.7. The van der Waals surface area contributed by atoms with E-state index in [1.165, 1.54) is 18.4 Å². The molecule has 4 nitrogen and oxygen atoms in total. The Hall–Kier alpha value is -4.15. The SMILES string of the molecule is O=C(C=Cc1cccc2ccccc12)Oc1ccc2c(=O)c(-c3ccccc3Cl)coc2c1. The molecule has 0 N–H and O–H groups in total. The minimum Gasteiger partial charge on any atom is -0.463 e. The van der Waals surface area contributed by atoms with Gasteiger partial charge in [-0.1, -0.05) is 72.3 Å². The van der Waals surface area contributed by atoms with Crippen LogP contribution in [0.4, 0.5) is 0 Å². The van der Waals surface area contributed by atoms with Crippen LogP contribution >= 0.6 is 11.6 Å². The van der Waals surface area contributed by atoms with Crippen LogP contribution in [0.2, 0.25) is 5.02 Å². The number of ether oxygens (including phenoxy) is 1. The Morgan fingerprint density at radius 2 is 1.64 bits per heavy atom. The number of carbonyl (C=O) groups excluding carboxylic acids is 1. The van der Waals surface area contributed by atoms with Crippen molar-refractivity contribution in [2.75, 3.05) is 0 Å². The van der Waals surface area contributed by atoms with Crippen molar-refractivity contribution in [3.05, 3.63) is 118 Å². The molecule has 160 valence electrons. The Morgan fingerprint density at radius 1 is 0.848 bits per heavy atom. The standard InChI is InChI=1S/C28H17ClO4/c29-25-11-4-3-10-22(25)24-17-32-26-16-20(13-14-23(26)28(24)31)33-27(30)15-12-19-8-5-7-18-6-1-2-9-21(18)19/h1-17H. The average Bonchev–Trinajstić information content (AvgIpc) is 2.83. The molecule has 0 saturated heterocycles. The van der Waals surface area contributed by atoms with Gasteiger partial charge in [0.25, 0.3) is 0 Å². The highest BCUT2D eigenvalue weighted by molar-refractivity contribution is 6.33. The van der Waals surface area contributed by atoms with Gasteiger partial charge in [0.1, 0.15) is 17.6 Å². The van der Waals surface area contributed by atoms with Gasteiger partial charge in [0.15, 0.2) is 0 Å². The molecule has 0 bridgehead atoms.